The summed E-state index contributed by atoms with van der Waals surface area (Å²) in [5.41, 5.74) is 0.240. The molecular formula is C12H26N2O2S. The minimum Gasteiger partial charge on any atom is -0.316 e. The Bertz CT molecular complexity index is 321. The van der Waals surface area contributed by atoms with Crippen molar-refractivity contribution in [3.8, 4) is 0 Å². The summed E-state index contributed by atoms with van der Waals surface area (Å²) in [4.78, 5) is 0. The molecule has 1 rings (SSSR count). The number of sulfonamides is 1. The Morgan fingerprint density at radius 1 is 1.24 bits per heavy atom. The van der Waals surface area contributed by atoms with Crippen molar-refractivity contribution in [2.75, 3.05) is 25.4 Å². The maximum absolute atomic E-state index is 11.7. The first-order valence-electron chi connectivity index (χ1n) is 6.60. The molecule has 17 heavy (non-hydrogen) atoms. The second-order valence-corrected chi connectivity index (χ2v) is 7.33. The second-order valence-electron chi connectivity index (χ2n) is 5.41. The average molecular weight is 262 g/mol. The lowest BCUT2D eigenvalue weighted by Crippen LogP contribution is -2.36. The smallest absolute Gasteiger partial charge is 0.212 e. The summed E-state index contributed by atoms with van der Waals surface area (Å²) >= 11 is 0. The van der Waals surface area contributed by atoms with Crippen molar-refractivity contribution >= 4 is 10.0 Å². The van der Waals surface area contributed by atoms with Crippen LogP contribution in [0.25, 0.3) is 0 Å². The molecule has 0 heterocycles. The third-order valence-electron chi connectivity index (χ3n) is 3.74. The number of nitrogens with one attached hydrogen (secondary N) is 2. The highest BCUT2D eigenvalue weighted by Gasteiger charge is 2.45. The summed E-state index contributed by atoms with van der Waals surface area (Å²) in [6.07, 6.45) is 3.34. The van der Waals surface area contributed by atoms with Gasteiger partial charge in [0.1, 0.15) is 0 Å². The van der Waals surface area contributed by atoms with E-state index < -0.39 is 10.0 Å². The minimum atomic E-state index is -3.10. The summed E-state index contributed by atoms with van der Waals surface area (Å²) in [5.74, 6) is 0.740. The van der Waals surface area contributed by atoms with E-state index in [2.05, 4.69) is 30.8 Å². The van der Waals surface area contributed by atoms with Crippen LogP contribution in [0.5, 0.6) is 0 Å². The van der Waals surface area contributed by atoms with Crippen molar-refractivity contribution in [3.05, 3.63) is 0 Å². The molecule has 0 spiro atoms. The fourth-order valence-electron chi connectivity index (χ4n) is 1.95. The molecular weight excluding hydrogens is 236 g/mol. The van der Waals surface area contributed by atoms with Gasteiger partial charge < -0.3 is 5.32 Å². The maximum Gasteiger partial charge on any atom is 0.212 e. The van der Waals surface area contributed by atoms with Crippen molar-refractivity contribution < 1.29 is 8.42 Å². The SMILES string of the molecule is CCCNCCS(=O)(=O)NCC1(C(C)C)CC1. The second kappa shape index (κ2) is 6.16. The molecule has 1 saturated carbocycles. The van der Waals surface area contributed by atoms with Crippen molar-refractivity contribution in [3.63, 3.8) is 0 Å². The Hall–Kier alpha value is -0.130. The van der Waals surface area contributed by atoms with Crippen LogP contribution < -0.4 is 10.0 Å². The molecule has 1 fully saturated rings. The number of hydrogen-bond acceptors (Lipinski definition) is 3. The zero-order valence-electron chi connectivity index (χ0n) is 11.3. The predicted octanol–water partition coefficient (Wildman–Crippen LogP) is 1.34. The van der Waals surface area contributed by atoms with Gasteiger partial charge in [-0.3, -0.25) is 0 Å². The summed E-state index contributed by atoms with van der Waals surface area (Å²) in [5, 5.41) is 3.11. The van der Waals surface area contributed by atoms with Crippen LogP contribution in [0.1, 0.15) is 40.0 Å². The van der Waals surface area contributed by atoms with Gasteiger partial charge in [0.25, 0.3) is 0 Å². The van der Waals surface area contributed by atoms with Crippen LogP contribution in [-0.2, 0) is 10.0 Å². The number of hydrogen-bond donors (Lipinski definition) is 2. The Labute approximate surface area is 106 Å². The first kappa shape index (κ1) is 14.9. The van der Waals surface area contributed by atoms with Gasteiger partial charge in [-0.1, -0.05) is 20.8 Å². The van der Waals surface area contributed by atoms with Crippen molar-refractivity contribution in [1.82, 2.24) is 10.0 Å². The van der Waals surface area contributed by atoms with Crippen LogP contribution in [-0.4, -0.2) is 33.8 Å². The topological polar surface area (TPSA) is 58.2 Å². The molecule has 5 heteroatoms. The van der Waals surface area contributed by atoms with Crippen LogP contribution in [0.15, 0.2) is 0 Å². The molecule has 2 N–H and O–H groups in total. The summed E-state index contributed by atoms with van der Waals surface area (Å²) in [6, 6.07) is 0. The lowest BCUT2D eigenvalue weighted by molar-refractivity contribution is 0.357. The van der Waals surface area contributed by atoms with Crippen LogP contribution >= 0.6 is 0 Å². The monoisotopic (exact) mass is 262 g/mol. The van der Waals surface area contributed by atoms with E-state index in [4.69, 9.17) is 0 Å². The van der Waals surface area contributed by atoms with Gasteiger partial charge in [-0.05, 0) is 37.1 Å². The van der Waals surface area contributed by atoms with E-state index in [-0.39, 0.29) is 11.2 Å². The fraction of sp³-hybridized carbons (Fsp3) is 1.00. The molecule has 0 unspecified atom stereocenters. The fourth-order valence-corrected chi connectivity index (χ4v) is 3.02. The molecule has 0 aromatic rings. The minimum absolute atomic E-state index is 0.182. The third kappa shape index (κ3) is 4.94. The van der Waals surface area contributed by atoms with E-state index in [1.54, 1.807) is 0 Å². The normalized spacial score (nSPS) is 18.6. The van der Waals surface area contributed by atoms with Crippen LogP contribution in [0.3, 0.4) is 0 Å². The molecule has 102 valence electrons. The summed E-state index contributed by atoms with van der Waals surface area (Å²) in [7, 11) is -3.10. The van der Waals surface area contributed by atoms with E-state index in [0.717, 1.165) is 25.8 Å². The highest BCUT2D eigenvalue weighted by atomic mass is 32.2. The summed E-state index contributed by atoms with van der Waals surface area (Å²) in [6.45, 7) is 8.44. The first-order chi connectivity index (χ1) is 7.92. The van der Waals surface area contributed by atoms with Gasteiger partial charge in [-0.25, -0.2) is 13.1 Å². The van der Waals surface area contributed by atoms with Crippen LogP contribution in [0.2, 0.25) is 0 Å². The van der Waals surface area contributed by atoms with Gasteiger partial charge in [0, 0.05) is 13.1 Å². The van der Waals surface area contributed by atoms with Crippen molar-refractivity contribution in [1.29, 1.82) is 0 Å². The Balaban J connectivity index is 2.25. The lowest BCUT2D eigenvalue weighted by Gasteiger charge is -2.20. The Morgan fingerprint density at radius 3 is 2.35 bits per heavy atom. The van der Waals surface area contributed by atoms with E-state index in [1.807, 2.05) is 0 Å². The predicted molar refractivity (Wildman–Crippen MR) is 71.5 cm³/mol. The molecule has 0 atom stereocenters. The maximum atomic E-state index is 11.7. The van der Waals surface area contributed by atoms with Gasteiger partial charge in [0.15, 0.2) is 0 Å². The zero-order chi connectivity index (χ0) is 12.9. The molecule has 0 radical (unpaired) electrons. The molecule has 0 aromatic heterocycles. The molecule has 0 bridgehead atoms. The molecule has 4 nitrogen and oxygen atoms in total. The largest absolute Gasteiger partial charge is 0.316 e. The zero-order valence-corrected chi connectivity index (χ0v) is 12.1. The highest BCUT2D eigenvalue weighted by Crippen LogP contribution is 2.51. The van der Waals surface area contributed by atoms with Gasteiger partial charge >= 0.3 is 0 Å². The van der Waals surface area contributed by atoms with Crippen LogP contribution in [0.4, 0.5) is 0 Å². The van der Waals surface area contributed by atoms with Gasteiger partial charge in [0.05, 0.1) is 5.75 Å². The van der Waals surface area contributed by atoms with E-state index in [1.165, 1.54) is 0 Å². The number of rotatable bonds is 9. The van der Waals surface area contributed by atoms with Crippen molar-refractivity contribution in [2.24, 2.45) is 11.3 Å². The lowest BCUT2D eigenvalue weighted by atomic mass is 9.93. The van der Waals surface area contributed by atoms with Gasteiger partial charge in [-0.15, -0.1) is 0 Å². The van der Waals surface area contributed by atoms with E-state index in [0.29, 0.717) is 19.0 Å². The molecule has 0 aromatic carbocycles. The Kier molecular flexibility index (Phi) is 5.41. The molecule has 0 aliphatic heterocycles. The summed E-state index contributed by atoms with van der Waals surface area (Å²) < 4.78 is 26.2. The average Bonchev–Trinajstić information content (AvgIpc) is 3.03. The standard InChI is InChI=1S/C12H26N2O2S/c1-4-7-13-8-9-17(15,16)14-10-12(5-6-12)11(2)3/h11,13-14H,4-10H2,1-3H3. The quantitative estimate of drug-likeness (QED) is 0.617. The van der Waals surface area contributed by atoms with Gasteiger partial charge in [-0.2, -0.15) is 0 Å². The highest BCUT2D eigenvalue weighted by molar-refractivity contribution is 7.89. The third-order valence-corrected chi connectivity index (χ3v) is 5.06. The van der Waals surface area contributed by atoms with Crippen LogP contribution in [0, 0.1) is 11.3 Å². The first-order valence-corrected chi connectivity index (χ1v) is 8.25. The van der Waals surface area contributed by atoms with Gasteiger partial charge in [0.2, 0.25) is 10.0 Å². The molecule has 1 aliphatic rings. The molecule has 0 amide bonds. The van der Waals surface area contributed by atoms with Crippen molar-refractivity contribution in [2.45, 2.75) is 40.0 Å². The van der Waals surface area contributed by atoms with E-state index >= 15 is 0 Å². The molecule has 1 aliphatic carbocycles. The van der Waals surface area contributed by atoms with E-state index in [9.17, 15) is 8.42 Å². The Morgan fingerprint density at radius 2 is 1.88 bits per heavy atom. The molecule has 0 saturated heterocycles.